The second-order valence-electron chi connectivity index (χ2n) is 5.61. The molecule has 128 valence electrons. The SMILES string of the molecule is CCCCSC(Cc1ccncc1)CC(CCC(=O)O)C(=O)O. The standard InChI is InChI=1S/C17H25NO4S/c1-2-3-10-23-15(11-13-6-8-18-9-7-13)12-14(17(21)22)4-5-16(19)20/h6-9,14-15H,2-5,10-12H2,1H3,(H,19,20)(H,21,22). The molecule has 1 aromatic heterocycles. The second-order valence-corrected chi connectivity index (χ2v) is 7.02. The number of pyridine rings is 1. The van der Waals surface area contributed by atoms with Crippen molar-refractivity contribution in [3.63, 3.8) is 0 Å². The van der Waals surface area contributed by atoms with Gasteiger partial charge >= 0.3 is 11.9 Å². The van der Waals surface area contributed by atoms with Crippen molar-refractivity contribution in [2.75, 3.05) is 5.75 Å². The van der Waals surface area contributed by atoms with E-state index < -0.39 is 17.9 Å². The van der Waals surface area contributed by atoms with E-state index in [1.165, 1.54) is 0 Å². The topological polar surface area (TPSA) is 87.5 Å². The number of rotatable bonds is 12. The number of hydrogen-bond donors (Lipinski definition) is 2. The summed E-state index contributed by atoms with van der Waals surface area (Å²) in [5.74, 6) is -1.45. The lowest BCUT2D eigenvalue weighted by atomic mass is 9.95. The Hall–Kier alpha value is -1.56. The number of aromatic nitrogens is 1. The van der Waals surface area contributed by atoms with Gasteiger partial charge in [-0.3, -0.25) is 14.6 Å². The molecule has 0 amide bonds. The third-order valence-electron chi connectivity index (χ3n) is 3.67. The average molecular weight is 339 g/mol. The molecular formula is C17H25NO4S. The number of carbonyl (C=O) groups is 2. The number of aliphatic carboxylic acids is 2. The van der Waals surface area contributed by atoms with Crippen molar-refractivity contribution >= 4 is 23.7 Å². The summed E-state index contributed by atoms with van der Waals surface area (Å²) in [4.78, 5) is 26.1. The van der Waals surface area contributed by atoms with Crippen LogP contribution in [0.2, 0.25) is 0 Å². The molecule has 0 aromatic carbocycles. The molecule has 2 unspecified atom stereocenters. The van der Waals surface area contributed by atoms with Gasteiger partial charge in [0.2, 0.25) is 0 Å². The van der Waals surface area contributed by atoms with Crippen LogP contribution in [-0.4, -0.2) is 38.1 Å². The Balaban J connectivity index is 2.67. The molecule has 6 heteroatoms. The van der Waals surface area contributed by atoms with Gasteiger partial charge in [0, 0.05) is 24.1 Å². The molecule has 23 heavy (non-hydrogen) atoms. The zero-order valence-corrected chi connectivity index (χ0v) is 14.3. The Labute approximate surface area is 141 Å². The summed E-state index contributed by atoms with van der Waals surface area (Å²) in [5, 5.41) is 18.3. The third kappa shape index (κ3) is 8.59. The van der Waals surface area contributed by atoms with Crippen LogP contribution in [0.4, 0.5) is 0 Å². The third-order valence-corrected chi connectivity index (χ3v) is 5.02. The van der Waals surface area contributed by atoms with E-state index in [0.29, 0.717) is 6.42 Å². The predicted octanol–water partition coefficient (Wildman–Crippen LogP) is 3.48. The minimum atomic E-state index is -0.944. The van der Waals surface area contributed by atoms with Gasteiger partial charge in [0.25, 0.3) is 0 Å². The van der Waals surface area contributed by atoms with E-state index in [4.69, 9.17) is 5.11 Å². The molecule has 0 saturated heterocycles. The Morgan fingerprint density at radius 3 is 2.52 bits per heavy atom. The van der Waals surface area contributed by atoms with E-state index in [9.17, 15) is 14.7 Å². The zero-order valence-electron chi connectivity index (χ0n) is 13.5. The highest BCUT2D eigenvalue weighted by Crippen LogP contribution is 2.26. The Morgan fingerprint density at radius 1 is 1.26 bits per heavy atom. The highest BCUT2D eigenvalue weighted by Gasteiger charge is 2.24. The summed E-state index contributed by atoms with van der Waals surface area (Å²) in [7, 11) is 0. The van der Waals surface area contributed by atoms with E-state index in [1.54, 1.807) is 24.2 Å². The molecule has 0 bridgehead atoms. The van der Waals surface area contributed by atoms with E-state index in [0.717, 1.165) is 30.6 Å². The van der Waals surface area contributed by atoms with Gasteiger partial charge in [0.15, 0.2) is 0 Å². The maximum atomic E-state index is 11.4. The monoisotopic (exact) mass is 339 g/mol. The first-order valence-corrected chi connectivity index (χ1v) is 9.02. The van der Waals surface area contributed by atoms with Crippen LogP contribution < -0.4 is 0 Å². The molecule has 1 heterocycles. The summed E-state index contributed by atoms with van der Waals surface area (Å²) in [5.41, 5.74) is 1.14. The van der Waals surface area contributed by atoms with Gasteiger partial charge in [0.05, 0.1) is 5.92 Å². The highest BCUT2D eigenvalue weighted by molar-refractivity contribution is 7.99. The molecule has 1 aromatic rings. The van der Waals surface area contributed by atoms with Crippen LogP contribution in [0.25, 0.3) is 0 Å². The smallest absolute Gasteiger partial charge is 0.306 e. The predicted molar refractivity (Wildman–Crippen MR) is 91.7 cm³/mol. The highest BCUT2D eigenvalue weighted by atomic mass is 32.2. The van der Waals surface area contributed by atoms with Gasteiger partial charge in [-0.15, -0.1) is 0 Å². The average Bonchev–Trinajstić information content (AvgIpc) is 2.51. The maximum absolute atomic E-state index is 11.4. The summed E-state index contributed by atoms with van der Waals surface area (Å²) in [6.07, 6.45) is 7.06. The molecule has 2 N–H and O–H groups in total. The molecule has 2 atom stereocenters. The molecular weight excluding hydrogens is 314 g/mol. The minimum absolute atomic E-state index is 0.0986. The van der Waals surface area contributed by atoms with Crippen LogP contribution in [0.5, 0.6) is 0 Å². The summed E-state index contributed by atoms with van der Waals surface area (Å²) < 4.78 is 0. The molecule has 0 radical (unpaired) electrons. The minimum Gasteiger partial charge on any atom is -0.481 e. The lowest BCUT2D eigenvalue weighted by Crippen LogP contribution is -2.22. The fraction of sp³-hybridized carbons (Fsp3) is 0.588. The number of unbranched alkanes of at least 4 members (excludes halogenated alkanes) is 1. The van der Waals surface area contributed by atoms with Crippen molar-refractivity contribution < 1.29 is 19.8 Å². The molecule has 0 fully saturated rings. The van der Waals surface area contributed by atoms with E-state index in [2.05, 4.69) is 11.9 Å². The van der Waals surface area contributed by atoms with E-state index >= 15 is 0 Å². The van der Waals surface area contributed by atoms with E-state index in [1.807, 2.05) is 12.1 Å². The first kappa shape index (κ1) is 19.5. The van der Waals surface area contributed by atoms with Crippen molar-refractivity contribution in [2.45, 2.75) is 50.7 Å². The first-order chi connectivity index (χ1) is 11.0. The van der Waals surface area contributed by atoms with Crippen LogP contribution in [0.3, 0.4) is 0 Å². The fourth-order valence-corrected chi connectivity index (χ4v) is 3.81. The number of carboxylic acid groups (broad SMARTS) is 2. The molecule has 0 aliphatic carbocycles. The number of thioether (sulfide) groups is 1. The van der Waals surface area contributed by atoms with Crippen molar-refractivity contribution in [1.82, 2.24) is 4.98 Å². The molecule has 1 rings (SSSR count). The van der Waals surface area contributed by atoms with E-state index in [-0.39, 0.29) is 18.1 Å². The Kier molecular flexibility index (Phi) is 9.36. The van der Waals surface area contributed by atoms with Crippen LogP contribution >= 0.6 is 11.8 Å². The summed E-state index contributed by atoms with van der Waals surface area (Å²) in [6, 6.07) is 3.89. The number of nitrogens with zero attached hydrogens (tertiary/aromatic N) is 1. The molecule has 0 saturated carbocycles. The summed E-state index contributed by atoms with van der Waals surface area (Å²) in [6.45, 7) is 2.13. The van der Waals surface area contributed by atoms with Crippen molar-refractivity contribution in [3.8, 4) is 0 Å². The Bertz CT molecular complexity index is 481. The van der Waals surface area contributed by atoms with Crippen molar-refractivity contribution in [1.29, 1.82) is 0 Å². The molecule has 0 spiro atoms. The fourth-order valence-electron chi connectivity index (χ4n) is 2.34. The van der Waals surface area contributed by atoms with Gasteiger partial charge in [-0.2, -0.15) is 11.8 Å². The van der Waals surface area contributed by atoms with Gasteiger partial charge in [-0.1, -0.05) is 13.3 Å². The number of hydrogen-bond acceptors (Lipinski definition) is 4. The lowest BCUT2D eigenvalue weighted by Gasteiger charge is -2.20. The van der Waals surface area contributed by atoms with Crippen LogP contribution in [0.1, 0.15) is 44.6 Å². The lowest BCUT2D eigenvalue weighted by molar-refractivity contribution is -0.143. The van der Waals surface area contributed by atoms with Crippen molar-refractivity contribution in [2.24, 2.45) is 5.92 Å². The van der Waals surface area contributed by atoms with Crippen LogP contribution in [0.15, 0.2) is 24.5 Å². The molecule has 0 aliphatic rings. The summed E-state index contributed by atoms with van der Waals surface area (Å²) >= 11 is 1.79. The van der Waals surface area contributed by atoms with Gasteiger partial charge in [-0.25, -0.2) is 0 Å². The second kappa shape index (κ2) is 11.0. The largest absolute Gasteiger partial charge is 0.481 e. The van der Waals surface area contributed by atoms with Gasteiger partial charge in [0.1, 0.15) is 0 Å². The van der Waals surface area contributed by atoms with Crippen LogP contribution in [0, 0.1) is 5.92 Å². The quantitative estimate of drug-likeness (QED) is 0.567. The normalized spacial score (nSPS) is 13.4. The zero-order chi connectivity index (χ0) is 17.1. The first-order valence-electron chi connectivity index (χ1n) is 7.98. The number of carboxylic acids is 2. The molecule has 5 nitrogen and oxygen atoms in total. The van der Waals surface area contributed by atoms with Crippen molar-refractivity contribution in [3.05, 3.63) is 30.1 Å². The Morgan fingerprint density at radius 2 is 1.96 bits per heavy atom. The van der Waals surface area contributed by atoms with Crippen LogP contribution in [-0.2, 0) is 16.0 Å². The maximum Gasteiger partial charge on any atom is 0.306 e. The molecule has 0 aliphatic heterocycles. The van der Waals surface area contributed by atoms with Gasteiger partial charge < -0.3 is 10.2 Å². The van der Waals surface area contributed by atoms with Gasteiger partial charge in [-0.05, 0) is 49.1 Å².